The topological polar surface area (TPSA) is 116 Å². The number of aromatic hydroxyl groups is 1. The molecule has 2 atom stereocenters. The van der Waals surface area contributed by atoms with Crippen LogP contribution in [-0.4, -0.2) is 46.0 Å². The van der Waals surface area contributed by atoms with Crippen LogP contribution in [0.5, 0.6) is 5.75 Å². The van der Waals surface area contributed by atoms with E-state index in [0.29, 0.717) is 13.0 Å². The summed E-state index contributed by atoms with van der Waals surface area (Å²) in [7, 11) is 0. The number of hydrogen-bond donors (Lipinski definition) is 4. The van der Waals surface area contributed by atoms with E-state index in [9.17, 15) is 19.8 Å². The van der Waals surface area contributed by atoms with Gasteiger partial charge in [0.15, 0.2) is 0 Å². The van der Waals surface area contributed by atoms with Gasteiger partial charge in [0, 0.05) is 12.3 Å². The van der Waals surface area contributed by atoms with Gasteiger partial charge in [-0.25, -0.2) is 4.79 Å². The van der Waals surface area contributed by atoms with Crippen LogP contribution in [0, 0.1) is 0 Å². The maximum absolute atomic E-state index is 11.9. The number of carboxylic acids is 1. The number of aromatic carboxylic acids is 1. The third-order valence-corrected chi connectivity index (χ3v) is 3.30. The summed E-state index contributed by atoms with van der Waals surface area (Å²) >= 11 is 0. The largest absolute Gasteiger partial charge is 0.507 e. The van der Waals surface area contributed by atoms with Crippen LogP contribution in [-0.2, 0) is 9.53 Å². The summed E-state index contributed by atoms with van der Waals surface area (Å²) in [6, 6.07) is 3.77. The molecule has 0 bridgehead atoms. The molecule has 7 heteroatoms. The number of hydrogen-bond acceptors (Lipinski definition) is 5. The van der Waals surface area contributed by atoms with E-state index in [1.807, 2.05) is 0 Å². The predicted molar refractivity (Wildman–Crippen MR) is 73.3 cm³/mol. The van der Waals surface area contributed by atoms with Crippen LogP contribution in [0.25, 0.3) is 0 Å². The van der Waals surface area contributed by atoms with E-state index >= 15 is 0 Å². The van der Waals surface area contributed by atoms with Gasteiger partial charge in [0.05, 0.1) is 18.6 Å². The fourth-order valence-corrected chi connectivity index (χ4v) is 2.20. The van der Waals surface area contributed by atoms with Gasteiger partial charge in [-0.1, -0.05) is 0 Å². The van der Waals surface area contributed by atoms with Crippen molar-refractivity contribution in [2.75, 3.05) is 11.9 Å². The molecule has 1 heterocycles. The quantitative estimate of drug-likeness (QED) is 0.615. The molecule has 0 radical (unpaired) electrons. The molecule has 0 aromatic heterocycles. The lowest BCUT2D eigenvalue weighted by Gasteiger charge is -2.27. The van der Waals surface area contributed by atoms with Gasteiger partial charge in [-0.05, 0) is 31.0 Å². The van der Waals surface area contributed by atoms with Crippen molar-refractivity contribution in [3.63, 3.8) is 0 Å². The fraction of sp³-hybridized carbons (Fsp3) is 0.429. The Bertz CT molecular complexity index is 544. The second kappa shape index (κ2) is 6.55. The number of carbonyl (C=O) groups excluding carboxylic acids is 1. The molecule has 0 spiro atoms. The second-order valence-electron chi connectivity index (χ2n) is 4.91. The molecule has 1 saturated heterocycles. The molecule has 1 aliphatic heterocycles. The average Bonchev–Trinajstić information content (AvgIpc) is 2.43. The molecule has 114 valence electrons. The van der Waals surface area contributed by atoms with Gasteiger partial charge in [0.25, 0.3) is 0 Å². The van der Waals surface area contributed by atoms with E-state index in [4.69, 9.17) is 9.84 Å². The van der Waals surface area contributed by atoms with E-state index in [1.165, 1.54) is 18.2 Å². The highest BCUT2D eigenvalue weighted by atomic mass is 16.5. The lowest BCUT2D eigenvalue weighted by Crippen LogP contribution is -2.37. The molecular formula is C14H17NO6. The molecule has 7 nitrogen and oxygen atoms in total. The molecule has 0 aliphatic carbocycles. The fourth-order valence-electron chi connectivity index (χ4n) is 2.20. The smallest absolute Gasteiger partial charge is 0.339 e. The highest BCUT2D eigenvalue weighted by molar-refractivity contribution is 5.95. The number of aliphatic hydroxyl groups excluding tert-OH is 1. The van der Waals surface area contributed by atoms with Crippen LogP contribution in [0.4, 0.5) is 5.69 Å². The first-order valence-corrected chi connectivity index (χ1v) is 6.63. The first kappa shape index (κ1) is 15.3. The van der Waals surface area contributed by atoms with Crippen molar-refractivity contribution in [2.45, 2.75) is 31.5 Å². The van der Waals surface area contributed by atoms with Gasteiger partial charge in [-0.2, -0.15) is 0 Å². The Hall–Kier alpha value is -2.12. The number of anilines is 1. The second-order valence-corrected chi connectivity index (χ2v) is 4.91. The Balaban J connectivity index is 1.99. The Labute approximate surface area is 121 Å². The normalized spacial score (nSPS) is 21.8. The number of amides is 1. The number of ether oxygens (including phenoxy) is 1. The standard InChI is InChI=1S/C14H17NO6/c16-10-4-3-8(6-9(10)14(19)20)15-13(18)7-12-11(17)2-1-5-21-12/h3-4,6,11-12,16-17H,1-2,5,7H2,(H,15,18)(H,19,20)/t11-,12-/m0/s1. The predicted octanol–water partition coefficient (Wildman–Crippen LogP) is 0.959. The molecular weight excluding hydrogens is 278 g/mol. The van der Waals surface area contributed by atoms with Crippen LogP contribution < -0.4 is 5.32 Å². The molecule has 1 fully saturated rings. The molecule has 21 heavy (non-hydrogen) atoms. The number of phenols is 1. The van der Waals surface area contributed by atoms with Gasteiger partial charge >= 0.3 is 5.97 Å². The molecule has 1 amide bonds. The lowest BCUT2D eigenvalue weighted by molar-refractivity contribution is -0.125. The van der Waals surface area contributed by atoms with Crippen LogP contribution in [0.15, 0.2) is 18.2 Å². The van der Waals surface area contributed by atoms with Crippen LogP contribution in [0.2, 0.25) is 0 Å². The Morgan fingerprint density at radius 2 is 2.14 bits per heavy atom. The minimum absolute atomic E-state index is 0.00948. The van der Waals surface area contributed by atoms with Gasteiger partial charge < -0.3 is 25.4 Å². The minimum Gasteiger partial charge on any atom is -0.507 e. The molecule has 4 N–H and O–H groups in total. The number of benzene rings is 1. The summed E-state index contributed by atoms with van der Waals surface area (Å²) in [6.45, 7) is 0.511. The molecule has 1 aliphatic rings. The summed E-state index contributed by atoms with van der Waals surface area (Å²) in [6.07, 6.45) is 0.137. The number of aliphatic hydroxyl groups is 1. The molecule has 1 aromatic rings. The van der Waals surface area contributed by atoms with Crippen LogP contribution in [0.3, 0.4) is 0 Å². The van der Waals surface area contributed by atoms with Gasteiger partial charge in [-0.15, -0.1) is 0 Å². The lowest BCUT2D eigenvalue weighted by atomic mass is 10.0. The highest BCUT2D eigenvalue weighted by Crippen LogP contribution is 2.22. The first-order chi connectivity index (χ1) is 9.97. The Morgan fingerprint density at radius 1 is 1.38 bits per heavy atom. The van der Waals surface area contributed by atoms with Gasteiger partial charge in [0.1, 0.15) is 11.3 Å². The van der Waals surface area contributed by atoms with Crippen molar-refractivity contribution in [3.05, 3.63) is 23.8 Å². The van der Waals surface area contributed by atoms with Crippen molar-refractivity contribution < 1.29 is 29.6 Å². The minimum atomic E-state index is -1.28. The Kier molecular flexibility index (Phi) is 4.77. The number of carbonyl (C=O) groups is 2. The summed E-state index contributed by atoms with van der Waals surface area (Å²) in [4.78, 5) is 22.8. The number of carboxylic acid groups (broad SMARTS) is 1. The summed E-state index contributed by atoms with van der Waals surface area (Å²) in [5.74, 6) is -2.04. The van der Waals surface area contributed by atoms with Crippen molar-refractivity contribution in [1.82, 2.24) is 0 Å². The number of nitrogens with one attached hydrogen (secondary N) is 1. The summed E-state index contributed by atoms with van der Waals surface area (Å²) in [5.41, 5.74) is -0.0257. The van der Waals surface area contributed by atoms with E-state index in [0.717, 1.165) is 6.42 Å². The van der Waals surface area contributed by atoms with Crippen molar-refractivity contribution >= 4 is 17.6 Å². The van der Waals surface area contributed by atoms with Crippen LogP contribution in [0.1, 0.15) is 29.6 Å². The third-order valence-electron chi connectivity index (χ3n) is 3.30. The molecule has 1 aromatic carbocycles. The van der Waals surface area contributed by atoms with Crippen molar-refractivity contribution in [3.8, 4) is 5.75 Å². The van der Waals surface area contributed by atoms with E-state index < -0.39 is 18.2 Å². The average molecular weight is 295 g/mol. The van der Waals surface area contributed by atoms with Crippen LogP contribution >= 0.6 is 0 Å². The van der Waals surface area contributed by atoms with E-state index in [-0.39, 0.29) is 29.3 Å². The summed E-state index contributed by atoms with van der Waals surface area (Å²) < 4.78 is 5.33. The monoisotopic (exact) mass is 295 g/mol. The SMILES string of the molecule is O=C(C[C@@H]1OCCC[C@@H]1O)Nc1ccc(O)c(C(=O)O)c1. The van der Waals surface area contributed by atoms with Crippen molar-refractivity contribution in [1.29, 1.82) is 0 Å². The Morgan fingerprint density at radius 3 is 2.81 bits per heavy atom. The zero-order valence-corrected chi connectivity index (χ0v) is 11.3. The zero-order chi connectivity index (χ0) is 15.4. The molecule has 0 saturated carbocycles. The molecule has 0 unspecified atom stereocenters. The molecule has 2 rings (SSSR count). The summed E-state index contributed by atoms with van der Waals surface area (Å²) in [5, 5.41) is 30.5. The van der Waals surface area contributed by atoms with Gasteiger partial charge in [-0.3, -0.25) is 4.79 Å². The zero-order valence-electron chi connectivity index (χ0n) is 11.3. The van der Waals surface area contributed by atoms with E-state index in [1.54, 1.807) is 0 Å². The number of rotatable bonds is 4. The maximum Gasteiger partial charge on any atom is 0.339 e. The highest BCUT2D eigenvalue weighted by Gasteiger charge is 2.26. The van der Waals surface area contributed by atoms with Crippen molar-refractivity contribution in [2.24, 2.45) is 0 Å². The first-order valence-electron chi connectivity index (χ1n) is 6.63. The third kappa shape index (κ3) is 3.93. The van der Waals surface area contributed by atoms with E-state index in [2.05, 4.69) is 5.32 Å². The maximum atomic E-state index is 11.9. The van der Waals surface area contributed by atoms with Gasteiger partial charge in [0.2, 0.25) is 5.91 Å².